The van der Waals surface area contributed by atoms with E-state index in [9.17, 15) is 4.79 Å². The number of hydrogen-bond donors (Lipinski definition) is 1. The number of esters is 1. The number of hydrogen-bond acceptors (Lipinski definition) is 8. The van der Waals surface area contributed by atoms with Crippen LogP contribution in [0.3, 0.4) is 0 Å². The van der Waals surface area contributed by atoms with Crippen molar-refractivity contribution in [1.29, 1.82) is 0 Å². The van der Waals surface area contributed by atoms with Crippen molar-refractivity contribution < 1.29 is 14.3 Å². The third kappa shape index (κ3) is 4.42. The Hall–Kier alpha value is -2.71. The Bertz CT molecular complexity index is 1170. The summed E-state index contributed by atoms with van der Waals surface area (Å²) in [5.74, 6) is 1.19. The molecule has 0 unspecified atom stereocenters. The molecule has 0 bridgehead atoms. The van der Waals surface area contributed by atoms with Crippen LogP contribution in [0.15, 0.2) is 24.3 Å². The lowest BCUT2D eigenvalue weighted by molar-refractivity contribution is -0.00541. The quantitative estimate of drug-likeness (QED) is 0.524. The Morgan fingerprint density at radius 2 is 1.85 bits per heavy atom. The molecule has 3 heterocycles. The fraction of sp³-hybridized carbons (Fsp3) is 0.480. The zero-order chi connectivity index (χ0) is 22.9. The van der Waals surface area contributed by atoms with Gasteiger partial charge < -0.3 is 19.7 Å². The average molecular weight is 467 g/mol. The van der Waals surface area contributed by atoms with Crippen molar-refractivity contribution in [2.24, 2.45) is 0 Å². The van der Waals surface area contributed by atoms with Crippen LogP contribution in [0.1, 0.15) is 54.4 Å². The summed E-state index contributed by atoms with van der Waals surface area (Å²) in [6.45, 7) is 7.83. The van der Waals surface area contributed by atoms with E-state index in [1.54, 1.807) is 11.3 Å². The van der Waals surface area contributed by atoms with Crippen molar-refractivity contribution in [3.05, 3.63) is 40.3 Å². The molecule has 2 aliphatic rings. The van der Waals surface area contributed by atoms with Gasteiger partial charge in [0.15, 0.2) is 11.6 Å². The number of anilines is 3. The van der Waals surface area contributed by atoms with E-state index in [1.807, 2.05) is 31.2 Å². The van der Waals surface area contributed by atoms with Crippen LogP contribution in [-0.4, -0.2) is 47.8 Å². The number of benzene rings is 1. The zero-order valence-corrected chi connectivity index (χ0v) is 20.2. The van der Waals surface area contributed by atoms with Crippen molar-refractivity contribution >= 4 is 45.0 Å². The lowest BCUT2D eigenvalue weighted by Gasteiger charge is -2.36. The number of thiophene rings is 1. The number of rotatable bonds is 5. The Morgan fingerprint density at radius 1 is 1.15 bits per heavy atom. The summed E-state index contributed by atoms with van der Waals surface area (Å²) in [5.41, 5.74) is 3.47. The number of nitrogens with one attached hydrogen (secondary N) is 1. The smallest absolute Gasteiger partial charge is 0.341 e. The monoisotopic (exact) mass is 466 g/mol. The molecule has 1 aliphatic carbocycles. The number of carbonyl (C=O) groups is 1. The highest BCUT2D eigenvalue weighted by atomic mass is 32.1. The Kier molecular flexibility index (Phi) is 6.21. The lowest BCUT2D eigenvalue weighted by Crippen LogP contribution is -2.46. The van der Waals surface area contributed by atoms with E-state index < -0.39 is 0 Å². The maximum atomic E-state index is 13.0. The van der Waals surface area contributed by atoms with Crippen molar-refractivity contribution in [1.82, 2.24) is 9.97 Å². The molecule has 1 saturated heterocycles. The van der Waals surface area contributed by atoms with Crippen molar-refractivity contribution in [2.75, 3.05) is 29.9 Å². The molecule has 1 aromatic carbocycles. The highest BCUT2D eigenvalue weighted by molar-refractivity contribution is 7.16. The number of para-hydroxylation sites is 2. The van der Waals surface area contributed by atoms with Crippen molar-refractivity contribution in [3.8, 4) is 0 Å². The molecule has 1 N–H and O–H groups in total. The van der Waals surface area contributed by atoms with Crippen LogP contribution in [0.2, 0.25) is 0 Å². The van der Waals surface area contributed by atoms with Crippen LogP contribution in [-0.2, 0) is 22.3 Å². The van der Waals surface area contributed by atoms with Gasteiger partial charge in [-0.2, -0.15) is 0 Å². The first kappa shape index (κ1) is 22.1. The van der Waals surface area contributed by atoms with E-state index in [1.165, 1.54) is 4.88 Å². The van der Waals surface area contributed by atoms with E-state index >= 15 is 0 Å². The first-order chi connectivity index (χ1) is 16.0. The molecule has 174 valence electrons. The minimum atomic E-state index is -0.261. The van der Waals surface area contributed by atoms with E-state index in [0.29, 0.717) is 18.0 Å². The van der Waals surface area contributed by atoms with Crippen LogP contribution >= 0.6 is 11.3 Å². The Labute approximate surface area is 198 Å². The van der Waals surface area contributed by atoms with Gasteiger partial charge in [0.25, 0.3) is 0 Å². The third-order valence-electron chi connectivity index (χ3n) is 6.15. The topological polar surface area (TPSA) is 76.6 Å². The molecule has 8 heteroatoms. The van der Waals surface area contributed by atoms with Gasteiger partial charge in [-0.05, 0) is 64.2 Å². The molecule has 0 radical (unpaired) electrons. The van der Waals surface area contributed by atoms with Gasteiger partial charge in [-0.25, -0.2) is 14.8 Å². The lowest BCUT2D eigenvalue weighted by atomic mass is 9.95. The molecule has 1 aliphatic heterocycles. The van der Waals surface area contributed by atoms with E-state index in [2.05, 4.69) is 24.1 Å². The molecule has 2 atom stereocenters. The fourth-order valence-electron chi connectivity index (χ4n) is 4.83. The van der Waals surface area contributed by atoms with Gasteiger partial charge in [-0.15, -0.1) is 11.3 Å². The highest BCUT2D eigenvalue weighted by Gasteiger charge is 2.30. The van der Waals surface area contributed by atoms with E-state index in [-0.39, 0.29) is 18.2 Å². The number of aromatic nitrogens is 2. The van der Waals surface area contributed by atoms with Gasteiger partial charge in [-0.1, -0.05) is 12.1 Å². The van der Waals surface area contributed by atoms with Crippen LogP contribution in [0.5, 0.6) is 0 Å². The molecule has 33 heavy (non-hydrogen) atoms. The van der Waals surface area contributed by atoms with Crippen molar-refractivity contribution in [2.45, 2.75) is 58.7 Å². The summed E-state index contributed by atoms with van der Waals surface area (Å²) in [7, 11) is 0. The van der Waals surface area contributed by atoms with Gasteiger partial charge in [0.05, 0.1) is 35.4 Å². The summed E-state index contributed by atoms with van der Waals surface area (Å²) in [5, 5.41) is 4.32. The molecule has 2 aromatic heterocycles. The van der Waals surface area contributed by atoms with E-state index in [0.717, 1.165) is 66.2 Å². The SMILES string of the molecule is CCOC(=O)c1c(Nc2nc3ccccc3nc2N2C[C@@H](C)O[C@@H](C)C2)sc2c1CCCC2. The first-order valence-corrected chi connectivity index (χ1v) is 12.6. The minimum absolute atomic E-state index is 0.0963. The number of nitrogens with zero attached hydrogens (tertiary/aromatic N) is 3. The molecule has 0 amide bonds. The second kappa shape index (κ2) is 9.27. The zero-order valence-electron chi connectivity index (χ0n) is 19.4. The second-order valence-electron chi connectivity index (χ2n) is 8.81. The Balaban J connectivity index is 1.60. The number of carbonyl (C=O) groups excluding carboxylic acids is 1. The average Bonchev–Trinajstić information content (AvgIpc) is 3.16. The maximum Gasteiger partial charge on any atom is 0.341 e. The maximum absolute atomic E-state index is 13.0. The summed E-state index contributed by atoms with van der Waals surface area (Å²) < 4.78 is 11.4. The van der Waals surface area contributed by atoms with Crippen LogP contribution in [0, 0.1) is 0 Å². The second-order valence-corrected chi connectivity index (χ2v) is 9.91. The standard InChI is InChI=1S/C25H30N4O3S/c1-4-31-25(30)21-17-9-5-8-12-20(17)33-24(21)28-22-23(29-13-15(2)32-16(3)14-29)27-19-11-7-6-10-18(19)26-22/h6-7,10-11,15-16H,4-5,8-9,12-14H2,1-3H3,(H,26,28)/t15-,16+. The van der Waals surface area contributed by atoms with Gasteiger partial charge in [-0.3, -0.25) is 0 Å². The van der Waals surface area contributed by atoms with Crippen molar-refractivity contribution in [3.63, 3.8) is 0 Å². The molecular weight excluding hydrogens is 436 g/mol. The molecule has 5 rings (SSSR count). The van der Waals surface area contributed by atoms with E-state index in [4.69, 9.17) is 19.4 Å². The minimum Gasteiger partial charge on any atom is -0.462 e. The first-order valence-electron chi connectivity index (χ1n) is 11.8. The molecular formula is C25H30N4O3S. The predicted octanol–water partition coefficient (Wildman–Crippen LogP) is 5.10. The molecule has 3 aromatic rings. The number of ether oxygens (including phenoxy) is 2. The van der Waals surface area contributed by atoms with Gasteiger partial charge in [0, 0.05) is 18.0 Å². The highest BCUT2D eigenvalue weighted by Crippen LogP contribution is 2.41. The fourth-order valence-corrected chi connectivity index (χ4v) is 6.10. The van der Waals surface area contributed by atoms with Gasteiger partial charge >= 0.3 is 5.97 Å². The van der Waals surface area contributed by atoms with Gasteiger partial charge in [0.2, 0.25) is 0 Å². The molecule has 0 spiro atoms. The number of fused-ring (bicyclic) bond motifs is 2. The summed E-state index contributed by atoms with van der Waals surface area (Å²) >= 11 is 1.65. The van der Waals surface area contributed by atoms with Gasteiger partial charge in [0.1, 0.15) is 5.00 Å². The molecule has 7 nitrogen and oxygen atoms in total. The summed E-state index contributed by atoms with van der Waals surface area (Å²) in [6, 6.07) is 7.89. The normalized spacial score (nSPS) is 20.5. The molecule has 0 saturated carbocycles. The van der Waals surface area contributed by atoms with Crippen LogP contribution in [0.4, 0.5) is 16.6 Å². The third-order valence-corrected chi connectivity index (χ3v) is 7.36. The van der Waals surface area contributed by atoms with Crippen LogP contribution < -0.4 is 10.2 Å². The summed E-state index contributed by atoms with van der Waals surface area (Å²) in [6.07, 6.45) is 4.36. The largest absolute Gasteiger partial charge is 0.462 e. The van der Waals surface area contributed by atoms with Crippen LogP contribution in [0.25, 0.3) is 11.0 Å². The predicted molar refractivity (Wildman–Crippen MR) is 132 cm³/mol. The number of aryl methyl sites for hydroxylation is 1. The number of morpholine rings is 1. The molecule has 1 fully saturated rings. The Morgan fingerprint density at radius 3 is 2.58 bits per heavy atom. The summed E-state index contributed by atoms with van der Waals surface area (Å²) in [4.78, 5) is 26.4.